The van der Waals surface area contributed by atoms with Crippen molar-refractivity contribution >= 4 is 34.3 Å². The van der Waals surface area contributed by atoms with Crippen LogP contribution in [-0.4, -0.2) is 9.91 Å². The zero-order valence-electron chi connectivity index (χ0n) is 9.34. The summed E-state index contributed by atoms with van der Waals surface area (Å²) in [5.41, 5.74) is 6.74. The topological polar surface area (TPSA) is 81.2 Å². The maximum absolute atomic E-state index is 10.7. The van der Waals surface area contributed by atoms with E-state index in [0.717, 1.165) is 6.42 Å². The summed E-state index contributed by atoms with van der Waals surface area (Å²) in [5, 5.41) is 13.7. The van der Waals surface area contributed by atoms with Crippen molar-refractivity contribution < 1.29 is 4.92 Å². The highest BCUT2D eigenvalue weighted by molar-refractivity contribution is 7.80. The van der Waals surface area contributed by atoms with Crippen LogP contribution in [0.1, 0.15) is 13.3 Å². The van der Waals surface area contributed by atoms with Gasteiger partial charge in [0.2, 0.25) is 0 Å². The molecule has 1 aliphatic carbocycles. The van der Waals surface area contributed by atoms with Crippen LogP contribution >= 0.6 is 12.2 Å². The number of non-ortho nitro benzene ring substituents is 1. The van der Waals surface area contributed by atoms with Gasteiger partial charge in [-0.25, -0.2) is 0 Å². The number of nitro benzene ring substituents is 1. The molecule has 1 aromatic rings. The summed E-state index contributed by atoms with van der Waals surface area (Å²) in [4.78, 5) is 10.9. The molecule has 0 aliphatic heterocycles. The Bertz CT molecular complexity index is 490. The quantitative estimate of drug-likeness (QED) is 0.373. The number of nitrogen functional groups attached to an aromatic ring is 1. The van der Waals surface area contributed by atoms with Gasteiger partial charge < -0.3 is 11.1 Å². The highest BCUT2D eigenvalue weighted by atomic mass is 32.1. The molecule has 0 radical (unpaired) electrons. The molecule has 0 amide bonds. The third-order valence-electron chi connectivity index (χ3n) is 2.95. The minimum atomic E-state index is -0.451. The molecule has 17 heavy (non-hydrogen) atoms. The highest BCUT2D eigenvalue weighted by Crippen LogP contribution is 2.39. The molecule has 2 atom stereocenters. The number of benzene rings is 1. The van der Waals surface area contributed by atoms with Crippen molar-refractivity contribution in [2.45, 2.75) is 13.3 Å². The van der Waals surface area contributed by atoms with Gasteiger partial charge in [0.05, 0.1) is 21.3 Å². The number of rotatable bonds is 3. The molecule has 0 heterocycles. The lowest BCUT2D eigenvalue weighted by Crippen LogP contribution is -2.13. The highest BCUT2D eigenvalue weighted by Gasteiger charge is 2.36. The molecule has 0 aromatic heterocycles. The summed E-state index contributed by atoms with van der Waals surface area (Å²) in [5.74, 6) is 0.971. The number of nitrogens with one attached hydrogen (secondary N) is 1. The molecule has 1 saturated carbocycles. The zero-order valence-corrected chi connectivity index (χ0v) is 10.2. The van der Waals surface area contributed by atoms with Crippen molar-refractivity contribution in [3.8, 4) is 0 Å². The second-order valence-electron chi connectivity index (χ2n) is 4.34. The van der Waals surface area contributed by atoms with E-state index in [1.54, 1.807) is 0 Å². The van der Waals surface area contributed by atoms with E-state index in [0.29, 0.717) is 28.2 Å². The van der Waals surface area contributed by atoms with Crippen LogP contribution in [0.3, 0.4) is 0 Å². The van der Waals surface area contributed by atoms with Crippen LogP contribution in [0.15, 0.2) is 18.2 Å². The molecular weight excluding hydrogens is 238 g/mol. The van der Waals surface area contributed by atoms with Crippen molar-refractivity contribution in [2.75, 3.05) is 11.1 Å². The molecule has 0 bridgehead atoms. The van der Waals surface area contributed by atoms with Crippen LogP contribution in [0.25, 0.3) is 0 Å². The Balaban J connectivity index is 2.16. The maximum Gasteiger partial charge on any atom is 0.271 e. The second kappa shape index (κ2) is 4.29. The van der Waals surface area contributed by atoms with Crippen molar-refractivity contribution in [3.63, 3.8) is 0 Å². The zero-order chi connectivity index (χ0) is 12.6. The molecule has 2 rings (SSSR count). The molecule has 6 heteroatoms. The van der Waals surface area contributed by atoms with E-state index in [9.17, 15) is 10.1 Å². The number of nitrogens with zero attached hydrogens (tertiary/aromatic N) is 1. The van der Waals surface area contributed by atoms with Gasteiger partial charge in [0.1, 0.15) is 0 Å². The number of thiocarbonyl (C=S) groups is 1. The van der Waals surface area contributed by atoms with Gasteiger partial charge in [-0.15, -0.1) is 0 Å². The predicted molar refractivity (Wildman–Crippen MR) is 71.0 cm³/mol. The smallest absolute Gasteiger partial charge is 0.271 e. The summed E-state index contributed by atoms with van der Waals surface area (Å²) in [7, 11) is 0. The van der Waals surface area contributed by atoms with E-state index in [-0.39, 0.29) is 5.69 Å². The minimum absolute atomic E-state index is 0.00773. The van der Waals surface area contributed by atoms with Crippen molar-refractivity contribution in [3.05, 3.63) is 28.3 Å². The van der Waals surface area contributed by atoms with E-state index in [1.165, 1.54) is 18.2 Å². The van der Waals surface area contributed by atoms with Crippen LogP contribution in [-0.2, 0) is 0 Å². The third-order valence-corrected chi connectivity index (χ3v) is 3.36. The number of anilines is 2. The van der Waals surface area contributed by atoms with Gasteiger partial charge in [-0.2, -0.15) is 0 Å². The van der Waals surface area contributed by atoms with Gasteiger partial charge in [-0.05, 0) is 18.4 Å². The van der Waals surface area contributed by atoms with Gasteiger partial charge in [0.15, 0.2) is 0 Å². The number of nitrogens with two attached hydrogens (primary N) is 1. The average Bonchev–Trinajstić information content (AvgIpc) is 2.98. The molecule has 3 N–H and O–H groups in total. The van der Waals surface area contributed by atoms with Gasteiger partial charge in [0, 0.05) is 18.1 Å². The van der Waals surface area contributed by atoms with Gasteiger partial charge >= 0.3 is 0 Å². The summed E-state index contributed by atoms with van der Waals surface area (Å²) in [6.45, 7) is 2.12. The first-order valence-corrected chi connectivity index (χ1v) is 5.74. The molecule has 0 unspecified atom stereocenters. The van der Waals surface area contributed by atoms with Gasteiger partial charge in [-0.3, -0.25) is 10.1 Å². The molecule has 90 valence electrons. The lowest BCUT2D eigenvalue weighted by molar-refractivity contribution is -0.384. The fraction of sp³-hybridized carbons (Fsp3) is 0.364. The first-order chi connectivity index (χ1) is 7.99. The molecular formula is C11H13N3O2S. The van der Waals surface area contributed by atoms with E-state index in [4.69, 9.17) is 18.0 Å². The largest absolute Gasteiger partial charge is 0.397 e. The van der Waals surface area contributed by atoms with Crippen LogP contribution in [0.2, 0.25) is 0 Å². The summed E-state index contributed by atoms with van der Waals surface area (Å²) >= 11 is 5.23. The van der Waals surface area contributed by atoms with Crippen LogP contribution < -0.4 is 11.1 Å². The van der Waals surface area contributed by atoms with Crippen LogP contribution in [0.4, 0.5) is 17.1 Å². The van der Waals surface area contributed by atoms with Crippen molar-refractivity contribution in [1.82, 2.24) is 0 Å². The second-order valence-corrected chi connectivity index (χ2v) is 4.78. The Morgan fingerprint density at radius 1 is 1.65 bits per heavy atom. The number of hydrogen-bond acceptors (Lipinski definition) is 4. The number of hydrogen-bond donors (Lipinski definition) is 2. The first kappa shape index (κ1) is 11.8. The van der Waals surface area contributed by atoms with Crippen molar-refractivity contribution in [2.24, 2.45) is 11.8 Å². The van der Waals surface area contributed by atoms with Crippen molar-refractivity contribution in [1.29, 1.82) is 0 Å². The molecule has 5 nitrogen and oxygen atoms in total. The Hall–Kier alpha value is -1.69. The number of nitro groups is 1. The third kappa shape index (κ3) is 2.52. The monoisotopic (exact) mass is 251 g/mol. The Morgan fingerprint density at radius 2 is 2.29 bits per heavy atom. The normalized spacial score (nSPS) is 21.9. The van der Waals surface area contributed by atoms with E-state index >= 15 is 0 Å². The summed E-state index contributed by atoms with van der Waals surface area (Å²) in [6, 6.07) is 4.30. The first-order valence-electron chi connectivity index (χ1n) is 5.34. The van der Waals surface area contributed by atoms with Crippen LogP contribution in [0, 0.1) is 22.0 Å². The Morgan fingerprint density at radius 3 is 2.82 bits per heavy atom. The summed E-state index contributed by atoms with van der Waals surface area (Å²) < 4.78 is 0. The molecule has 1 aromatic carbocycles. The SMILES string of the molecule is C[C@H]1C[C@H]1C(=S)Nc1cc([N+](=O)[O-])ccc1N. The van der Waals surface area contributed by atoms with E-state index < -0.39 is 4.92 Å². The Kier molecular flexibility index (Phi) is 2.97. The molecule has 0 saturated heterocycles. The molecule has 0 spiro atoms. The van der Waals surface area contributed by atoms with Crippen LogP contribution in [0.5, 0.6) is 0 Å². The van der Waals surface area contributed by atoms with Gasteiger partial charge in [-0.1, -0.05) is 19.1 Å². The summed E-state index contributed by atoms with van der Waals surface area (Å²) in [6.07, 6.45) is 1.07. The fourth-order valence-electron chi connectivity index (χ4n) is 1.68. The fourth-order valence-corrected chi connectivity index (χ4v) is 2.12. The predicted octanol–water partition coefficient (Wildman–Crippen LogP) is 2.57. The molecule has 1 fully saturated rings. The minimum Gasteiger partial charge on any atom is -0.397 e. The Labute approximate surface area is 104 Å². The average molecular weight is 251 g/mol. The lowest BCUT2D eigenvalue weighted by atomic mass is 10.2. The lowest BCUT2D eigenvalue weighted by Gasteiger charge is -2.09. The van der Waals surface area contributed by atoms with E-state index in [2.05, 4.69) is 12.2 Å². The molecule has 1 aliphatic rings. The van der Waals surface area contributed by atoms with E-state index in [1.807, 2.05) is 0 Å². The maximum atomic E-state index is 10.7. The standard InChI is InChI=1S/C11H13N3O2S/c1-6-4-8(6)11(17)13-10-5-7(14(15)16)2-3-9(10)12/h2-3,5-6,8H,4,12H2,1H3,(H,13,17)/t6-,8+/m0/s1. The van der Waals surface area contributed by atoms with Gasteiger partial charge in [0.25, 0.3) is 5.69 Å².